The molecule has 0 saturated heterocycles. The molecule has 0 aliphatic heterocycles. The fourth-order valence-electron chi connectivity index (χ4n) is 2.89. The van der Waals surface area contributed by atoms with Crippen molar-refractivity contribution in [3.8, 4) is 28.9 Å². The van der Waals surface area contributed by atoms with E-state index in [0.717, 1.165) is 11.3 Å². The fraction of sp³-hybridized carbons (Fsp3) is 0.231. The number of hydrogen-bond donors (Lipinski definition) is 0. The summed E-state index contributed by atoms with van der Waals surface area (Å²) in [4.78, 5) is 5.29. The Kier molecular flexibility index (Phi) is 9.64. The monoisotopic (exact) mass is 515 g/mol. The van der Waals surface area contributed by atoms with E-state index in [2.05, 4.69) is 10.3 Å². The van der Waals surface area contributed by atoms with Crippen LogP contribution in [0.5, 0.6) is 28.9 Å². The van der Waals surface area contributed by atoms with Crippen LogP contribution in [0, 0.1) is 6.92 Å². The molecule has 0 bridgehead atoms. The summed E-state index contributed by atoms with van der Waals surface area (Å²) in [6.45, 7) is 6.60. The zero-order valence-corrected chi connectivity index (χ0v) is 21.5. The molecule has 3 rings (SSSR count). The summed E-state index contributed by atoms with van der Waals surface area (Å²) in [5, 5.41) is 8.46. The average Bonchev–Trinajstić information content (AvgIpc) is 3.07. The molecule has 0 atom stereocenters. The lowest BCUT2D eigenvalue weighted by Gasteiger charge is -2.10. The van der Waals surface area contributed by atoms with Crippen molar-refractivity contribution in [2.24, 2.45) is 12.2 Å². The fourth-order valence-corrected chi connectivity index (χ4v) is 3.01. The maximum atomic E-state index is 6.08. The molecule has 9 heteroatoms. The van der Waals surface area contributed by atoms with Gasteiger partial charge in [0.2, 0.25) is 5.88 Å². The summed E-state index contributed by atoms with van der Waals surface area (Å²) >= 11 is 11.1. The number of aromatic nitrogens is 2. The molecule has 0 aliphatic carbocycles. The van der Waals surface area contributed by atoms with E-state index in [9.17, 15) is 0 Å². The number of rotatable bonds is 11. The van der Waals surface area contributed by atoms with Crippen LogP contribution < -0.4 is 14.2 Å². The summed E-state index contributed by atoms with van der Waals surface area (Å²) < 4.78 is 19.3. The minimum atomic E-state index is 0.171. The van der Waals surface area contributed by atoms with E-state index in [4.69, 9.17) is 42.3 Å². The first kappa shape index (κ1) is 26.2. The van der Waals surface area contributed by atoms with Gasteiger partial charge in [-0.2, -0.15) is 5.10 Å². The van der Waals surface area contributed by atoms with Gasteiger partial charge in [0.1, 0.15) is 40.7 Å². The molecule has 0 amide bonds. The van der Waals surface area contributed by atoms with E-state index in [1.165, 1.54) is 5.57 Å². The topological polar surface area (TPSA) is 67.1 Å². The number of oxime groups is 1. The van der Waals surface area contributed by atoms with Gasteiger partial charge in [-0.3, -0.25) is 0 Å². The maximum absolute atomic E-state index is 6.08. The molecule has 0 spiro atoms. The molecule has 184 valence electrons. The third kappa shape index (κ3) is 8.38. The molecule has 0 fully saturated rings. The minimum absolute atomic E-state index is 0.171. The Hall–Kier alpha value is -3.42. The number of hydrogen-bond acceptors (Lipinski definition) is 6. The van der Waals surface area contributed by atoms with Gasteiger partial charge in [-0.25, -0.2) is 4.68 Å². The molecular formula is C26H27Cl2N3O4. The molecule has 35 heavy (non-hydrogen) atoms. The maximum Gasteiger partial charge on any atom is 0.226 e. The van der Waals surface area contributed by atoms with Crippen molar-refractivity contribution in [3.63, 3.8) is 0 Å². The number of aryl methyl sites for hydroxylation is 2. The van der Waals surface area contributed by atoms with Crippen LogP contribution in [-0.2, 0) is 11.9 Å². The number of allylic oxidation sites excluding steroid dienone is 1. The van der Waals surface area contributed by atoms with Crippen LogP contribution >= 0.6 is 23.2 Å². The lowest BCUT2D eigenvalue weighted by molar-refractivity contribution is 0.176. The van der Waals surface area contributed by atoms with Crippen LogP contribution in [0.4, 0.5) is 0 Å². The van der Waals surface area contributed by atoms with E-state index >= 15 is 0 Å². The van der Waals surface area contributed by atoms with Gasteiger partial charge >= 0.3 is 0 Å². The molecule has 0 unspecified atom stereocenters. The van der Waals surface area contributed by atoms with Gasteiger partial charge < -0.3 is 19.0 Å². The van der Waals surface area contributed by atoms with Crippen LogP contribution in [0.2, 0.25) is 0 Å². The molecule has 1 aromatic heterocycles. The lowest BCUT2D eigenvalue weighted by Crippen LogP contribution is -1.97. The Morgan fingerprint density at radius 3 is 2.03 bits per heavy atom. The first-order chi connectivity index (χ1) is 16.8. The van der Waals surface area contributed by atoms with Crippen LogP contribution in [0.3, 0.4) is 0 Å². The second-order valence-corrected chi connectivity index (χ2v) is 8.70. The highest BCUT2D eigenvalue weighted by molar-refractivity contribution is 6.55. The van der Waals surface area contributed by atoms with Crippen molar-refractivity contribution in [1.29, 1.82) is 0 Å². The lowest BCUT2D eigenvalue weighted by atomic mass is 10.2. The van der Waals surface area contributed by atoms with Crippen molar-refractivity contribution in [2.75, 3.05) is 13.2 Å². The van der Waals surface area contributed by atoms with Gasteiger partial charge in [0, 0.05) is 7.05 Å². The number of halogens is 2. The highest BCUT2D eigenvalue weighted by atomic mass is 35.5. The Labute approximate surface area is 215 Å². The van der Waals surface area contributed by atoms with Crippen molar-refractivity contribution < 1.29 is 19.0 Å². The largest absolute Gasteiger partial charge is 0.489 e. The van der Waals surface area contributed by atoms with E-state index in [-0.39, 0.29) is 11.1 Å². The highest BCUT2D eigenvalue weighted by Crippen LogP contribution is 2.29. The molecule has 0 N–H and O–H groups in total. The Morgan fingerprint density at radius 2 is 1.46 bits per heavy atom. The van der Waals surface area contributed by atoms with Crippen LogP contribution in [0.15, 0.2) is 75.9 Å². The third-order valence-electron chi connectivity index (χ3n) is 4.62. The third-order valence-corrected chi connectivity index (χ3v) is 4.93. The molecular weight excluding hydrogens is 489 g/mol. The Morgan fingerprint density at radius 1 is 0.886 bits per heavy atom. The quantitative estimate of drug-likeness (QED) is 0.116. The van der Waals surface area contributed by atoms with Crippen molar-refractivity contribution in [2.45, 2.75) is 20.8 Å². The first-order valence-corrected chi connectivity index (χ1v) is 11.6. The molecule has 0 saturated carbocycles. The average molecular weight is 516 g/mol. The molecule has 0 radical (unpaired) electrons. The molecule has 7 nitrogen and oxygen atoms in total. The van der Waals surface area contributed by atoms with Crippen molar-refractivity contribution in [3.05, 3.63) is 82.0 Å². The number of nitrogens with zero attached hydrogens (tertiary/aromatic N) is 3. The first-order valence-electron chi connectivity index (χ1n) is 10.8. The van der Waals surface area contributed by atoms with Crippen molar-refractivity contribution >= 4 is 29.4 Å². The number of ether oxygens (including phenoxy) is 3. The van der Waals surface area contributed by atoms with Gasteiger partial charge in [-0.05, 0) is 81.5 Å². The second-order valence-electron chi connectivity index (χ2n) is 7.69. The molecule has 2 aromatic carbocycles. The van der Waals surface area contributed by atoms with Gasteiger partial charge in [0.25, 0.3) is 0 Å². The SMILES string of the molecule is CC(C)=CCON=Cc1c(C)nn(C)c1Oc1ccc(Oc2ccc(OCC=C(Cl)Cl)cc2)cc1. The zero-order valence-electron chi connectivity index (χ0n) is 20.0. The van der Waals surface area contributed by atoms with E-state index in [1.54, 1.807) is 29.1 Å². The minimum Gasteiger partial charge on any atom is -0.489 e. The smallest absolute Gasteiger partial charge is 0.226 e. The summed E-state index contributed by atoms with van der Waals surface area (Å²) in [5.74, 6) is 3.21. The standard InChI is InChI=1S/C26H27Cl2N3O4/c1-18(2)13-16-33-29-17-24-19(3)30-31(4)26(24)35-23-11-9-22(10-12-23)34-21-7-5-20(6-8-21)32-15-14-25(27)28/h5-14,17H,15-16H2,1-4H3. The van der Waals surface area contributed by atoms with Gasteiger partial charge in [-0.1, -0.05) is 33.9 Å². The van der Waals surface area contributed by atoms with Gasteiger partial charge in [0.05, 0.1) is 17.5 Å². The Balaban J connectivity index is 1.61. The predicted molar refractivity (Wildman–Crippen MR) is 139 cm³/mol. The predicted octanol–water partition coefficient (Wildman–Crippen LogP) is 7.33. The van der Waals surface area contributed by atoms with Crippen LogP contribution in [0.1, 0.15) is 25.1 Å². The van der Waals surface area contributed by atoms with E-state index in [0.29, 0.717) is 35.5 Å². The normalized spacial score (nSPS) is 10.7. The second kappa shape index (κ2) is 12.9. The molecule has 1 heterocycles. The number of benzene rings is 2. The zero-order chi connectivity index (χ0) is 25.2. The summed E-state index contributed by atoms with van der Waals surface area (Å²) in [6, 6.07) is 14.5. The summed E-state index contributed by atoms with van der Waals surface area (Å²) in [6.07, 6.45) is 5.13. The summed E-state index contributed by atoms with van der Waals surface area (Å²) in [7, 11) is 1.81. The molecule has 3 aromatic rings. The Bertz CT molecular complexity index is 1190. The molecule has 0 aliphatic rings. The highest BCUT2D eigenvalue weighted by Gasteiger charge is 2.14. The van der Waals surface area contributed by atoms with Gasteiger partial charge in [-0.15, -0.1) is 0 Å². The van der Waals surface area contributed by atoms with Crippen LogP contribution in [0.25, 0.3) is 0 Å². The van der Waals surface area contributed by atoms with Crippen LogP contribution in [-0.4, -0.2) is 29.2 Å². The van der Waals surface area contributed by atoms with E-state index in [1.807, 2.05) is 70.3 Å². The van der Waals surface area contributed by atoms with Crippen molar-refractivity contribution in [1.82, 2.24) is 9.78 Å². The van der Waals surface area contributed by atoms with E-state index < -0.39 is 0 Å². The summed E-state index contributed by atoms with van der Waals surface area (Å²) in [5.41, 5.74) is 2.70. The van der Waals surface area contributed by atoms with Gasteiger partial charge in [0.15, 0.2) is 0 Å².